The summed E-state index contributed by atoms with van der Waals surface area (Å²) in [5, 5.41) is 2.32. The molecule has 162 valence electrons. The van der Waals surface area contributed by atoms with Gasteiger partial charge in [0.2, 0.25) is 5.91 Å². The third-order valence-electron chi connectivity index (χ3n) is 4.91. The molecule has 0 bridgehead atoms. The van der Waals surface area contributed by atoms with Crippen molar-refractivity contribution < 1.29 is 23.9 Å². The van der Waals surface area contributed by atoms with Gasteiger partial charge in [0.15, 0.2) is 6.10 Å². The van der Waals surface area contributed by atoms with Gasteiger partial charge in [0.1, 0.15) is 12.6 Å². The van der Waals surface area contributed by atoms with Crippen LogP contribution in [0.15, 0.2) is 45.1 Å². The molecular weight excluding hydrogens is 506 g/mol. The van der Waals surface area contributed by atoms with Crippen LogP contribution in [0.25, 0.3) is 0 Å². The Balaban J connectivity index is 1.74. The third kappa shape index (κ3) is 4.63. The Morgan fingerprint density at radius 3 is 2.65 bits per heavy atom. The van der Waals surface area contributed by atoms with Crippen molar-refractivity contribution in [1.29, 1.82) is 0 Å². The van der Waals surface area contributed by atoms with Crippen molar-refractivity contribution >= 4 is 68.4 Å². The Morgan fingerprint density at radius 2 is 2.00 bits per heavy atom. The van der Waals surface area contributed by atoms with Crippen LogP contribution in [0.1, 0.15) is 23.0 Å². The number of halogens is 1. The maximum absolute atomic E-state index is 13.6. The van der Waals surface area contributed by atoms with Gasteiger partial charge in [-0.2, -0.15) is 0 Å². The highest BCUT2D eigenvalue weighted by Gasteiger charge is 2.42. The van der Waals surface area contributed by atoms with E-state index in [1.807, 2.05) is 24.3 Å². The first kappa shape index (κ1) is 21.8. The summed E-state index contributed by atoms with van der Waals surface area (Å²) < 4.78 is 5.95. The molecule has 0 aliphatic carbocycles. The lowest BCUT2D eigenvalue weighted by molar-refractivity contribution is -0.148. The Hall–Kier alpha value is -2.37. The van der Waals surface area contributed by atoms with Gasteiger partial charge in [0.25, 0.3) is 11.8 Å². The summed E-state index contributed by atoms with van der Waals surface area (Å²) in [6.45, 7) is -0.317. The van der Waals surface area contributed by atoms with E-state index < -0.39 is 41.1 Å². The number of benzene rings is 1. The maximum Gasteiger partial charge on any atom is 0.306 e. The van der Waals surface area contributed by atoms with E-state index in [2.05, 4.69) is 21.2 Å². The number of rotatable bonds is 5. The fourth-order valence-electron chi connectivity index (χ4n) is 3.52. The van der Waals surface area contributed by atoms with Crippen LogP contribution < -0.4 is 16.0 Å². The molecule has 1 aromatic carbocycles. The molecule has 4 rings (SSSR count). The van der Waals surface area contributed by atoms with Gasteiger partial charge in [-0.05, 0) is 40.2 Å². The fourth-order valence-corrected chi connectivity index (χ4v) is 6.49. The molecule has 0 saturated carbocycles. The smallest absolute Gasteiger partial charge is 0.306 e. The summed E-state index contributed by atoms with van der Waals surface area (Å²) in [7, 11) is 0. The molecule has 3 amide bonds. The van der Waals surface area contributed by atoms with Crippen molar-refractivity contribution in [3.63, 3.8) is 0 Å². The van der Waals surface area contributed by atoms with Crippen molar-refractivity contribution in [3.8, 4) is 0 Å². The lowest BCUT2D eigenvalue weighted by Crippen LogP contribution is -2.53. The number of nitrogens with one attached hydrogen (secondary N) is 1. The quantitative estimate of drug-likeness (QED) is 0.580. The van der Waals surface area contributed by atoms with Crippen molar-refractivity contribution in [2.45, 2.75) is 35.1 Å². The SMILES string of the molecule is NC(=O)CN1C(=O)C(NC(=O)[C@@H]2CCC(=O)O2)C(c2ccc(Br)s2)Sc2ccccc21. The predicted octanol–water partition coefficient (Wildman–Crippen LogP) is 2.37. The van der Waals surface area contributed by atoms with Gasteiger partial charge >= 0.3 is 5.97 Å². The van der Waals surface area contributed by atoms with Crippen molar-refractivity contribution in [2.75, 3.05) is 11.4 Å². The second kappa shape index (κ2) is 9.01. The second-order valence-corrected chi connectivity index (χ2v) is 10.7. The summed E-state index contributed by atoms with van der Waals surface area (Å²) >= 11 is 6.33. The van der Waals surface area contributed by atoms with Crippen molar-refractivity contribution in [2.24, 2.45) is 5.73 Å². The molecule has 0 radical (unpaired) electrons. The molecule has 3 N–H and O–H groups in total. The number of fused-ring (bicyclic) bond motifs is 1. The highest BCUT2D eigenvalue weighted by atomic mass is 79.9. The average molecular weight is 524 g/mol. The molecule has 11 heteroatoms. The number of carbonyl (C=O) groups excluding carboxylic acids is 4. The molecule has 2 aromatic rings. The standard InChI is InChI=1S/C20H18BrN3O5S2/c21-14-7-6-13(30-14)18-17(23-19(27)11-5-8-16(26)29-11)20(28)24(9-15(22)25)10-3-1-2-4-12(10)31-18/h1-4,6-7,11,17-18H,5,8-9H2,(H2,22,25)(H,23,27)/t11-,17?,18?/m0/s1. The maximum atomic E-state index is 13.6. The number of primary amides is 1. The number of ether oxygens (including phenoxy) is 1. The first-order valence-corrected chi connectivity index (χ1v) is 11.9. The number of cyclic esters (lactones) is 1. The van der Waals surface area contributed by atoms with Gasteiger partial charge in [-0.25, -0.2) is 0 Å². The van der Waals surface area contributed by atoms with Gasteiger partial charge in [-0.1, -0.05) is 12.1 Å². The summed E-state index contributed by atoms with van der Waals surface area (Å²) in [6, 6.07) is 9.99. The van der Waals surface area contributed by atoms with Gasteiger partial charge in [-0.3, -0.25) is 19.2 Å². The predicted molar refractivity (Wildman–Crippen MR) is 120 cm³/mol. The molecule has 0 spiro atoms. The van der Waals surface area contributed by atoms with Crippen LogP contribution in [0.5, 0.6) is 0 Å². The molecule has 8 nitrogen and oxygen atoms in total. The van der Waals surface area contributed by atoms with Crippen LogP contribution in [0, 0.1) is 0 Å². The lowest BCUT2D eigenvalue weighted by atomic mass is 10.1. The van der Waals surface area contributed by atoms with E-state index in [9.17, 15) is 19.2 Å². The van der Waals surface area contributed by atoms with Crippen molar-refractivity contribution in [1.82, 2.24) is 5.32 Å². The zero-order chi connectivity index (χ0) is 22.1. The summed E-state index contributed by atoms with van der Waals surface area (Å²) in [6.07, 6.45) is -0.512. The second-order valence-electron chi connectivity index (χ2n) is 7.04. The van der Waals surface area contributed by atoms with Gasteiger partial charge < -0.3 is 20.7 Å². The Labute approximate surface area is 194 Å². The monoisotopic (exact) mass is 523 g/mol. The number of amides is 3. The minimum absolute atomic E-state index is 0.159. The molecule has 31 heavy (non-hydrogen) atoms. The van der Waals surface area contributed by atoms with E-state index in [0.29, 0.717) is 5.69 Å². The van der Waals surface area contributed by atoms with Crippen LogP contribution in [0.4, 0.5) is 5.69 Å². The van der Waals surface area contributed by atoms with Crippen molar-refractivity contribution in [3.05, 3.63) is 45.1 Å². The minimum atomic E-state index is -0.992. The minimum Gasteiger partial charge on any atom is -0.452 e. The zero-order valence-electron chi connectivity index (χ0n) is 16.1. The highest BCUT2D eigenvalue weighted by molar-refractivity contribution is 9.11. The molecule has 2 aliphatic heterocycles. The summed E-state index contributed by atoms with van der Waals surface area (Å²) in [5.74, 6) is -2.10. The number of hydrogen-bond donors (Lipinski definition) is 2. The summed E-state index contributed by atoms with van der Waals surface area (Å²) in [5.41, 5.74) is 5.97. The Morgan fingerprint density at radius 1 is 1.23 bits per heavy atom. The number of para-hydroxylation sites is 1. The molecule has 2 unspecified atom stereocenters. The van der Waals surface area contributed by atoms with E-state index in [4.69, 9.17) is 10.5 Å². The molecule has 3 heterocycles. The number of nitrogens with two attached hydrogens (primary N) is 1. The molecule has 1 fully saturated rings. The number of esters is 1. The van der Waals surface area contributed by atoms with E-state index in [-0.39, 0.29) is 19.4 Å². The lowest BCUT2D eigenvalue weighted by Gasteiger charge is -2.28. The number of hydrogen-bond acceptors (Lipinski definition) is 7. The Kier molecular flexibility index (Phi) is 6.35. The largest absolute Gasteiger partial charge is 0.452 e. The van der Waals surface area contributed by atoms with Gasteiger partial charge in [-0.15, -0.1) is 23.1 Å². The number of carbonyl (C=O) groups is 4. The van der Waals surface area contributed by atoms with E-state index in [0.717, 1.165) is 13.6 Å². The topological polar surface area (TPSA) is 119 Å². The fraction of sp³-hybridized carbons (Fsp3) is 0.300. The number of thioether (sulfide) groups is 1. The molecule has 1 aromatic heterocycles. The average Bonchev–Trinajstić information content (AvgIpc) is 3.34. The molecule has 2 aliphatic rings. The Bertz CT molecular complexity index is 1060. The van der Waals surface area contributed by atoms with E-state index >= 15 is 0 Å². The van der Waals surface area contributed by atoms with Crippen LogP contribution in [-0.2, 0) is 23.9 Å². The normalized spacial score (nSPS) is 23.1. The van der Waals surface area contributed by atoms with Crippen LogP contribution >= 0.6 is 39.0 Å². The molecule has 1 saturated heterocycles. The first-order valence-electron chi connectivity index (χ1n) is 9.44. The molecular formula is C20H18BrN3O5S2. The van der Waals surface area contributed by atoms with Gasteiger partial charge in [0, 0.05) is 22.6 Å². The highest BCUT2D eigenvalue weighted by Crippen LogP contribution is 2.47. The van der Waals surface area contributed by atoms with Crippen LogP contribution in [0.3, 0.4) is 0 Å². The zero-order valence-corrected chi connectivity index (χ0v) is 19.3. The molecule has 3 atom stereocenters. The van der Waals surface area contributed by atoms with Gasteiger partial charge in [0.05, 0.1) is 14.7 Å². The first-order chi connectivity index (χ1) is 14.8. The number of anilines is 1. The van der Waals surface area contributed by atoms with Crippen LogP contribution in [0.2, 0.25) is 0 Å². The third-order valence-corrected chi connectivity index (χ3v) is 8.14. The van der Waals surface area contributed by atoms with E-state index in [1.54, 1.807) is 12.1 Å². The van der Waals surface area contributed by atoms with Crippen LogP contribution in [-0.4, -0.2) is 42.4 Å². The summed E-state index contributed by atoms with van der Waals surface area (Å²) in [4.78, 5) is 52.6. The number of thiophene rings is 1. The van der Waals surface area contributed by atoms with E-state index in [1.165, 1.54) is 28.0 Å². The number of nitrogens with zero attached hydrogens (tertiary/aromatic N) is 1.